The topological polar surface area (TPSA) is 73.3 Å². The number of allylic oxidation sites excluding steroid dienone is 1. The number of fused-ring (bicyclic) bond motifs is 2. The number of hydrogen-bond donors (Lipinski definition) is 1. The van der Waals surface area contributed by atoms with Gasteiger partial charge in [0, 0.05) is 24.3 Å². The highest BCUT2D eigenvalue weighted by molar-refractivity contribution is 6.09. The maximum Gasteiger partial charge on any atom is 0.252 e. The van der Waals surface area contributed by atoms with Gasteiger partial charge in [-0.1, -0.05) is 24.3 Å². The molecule has 0 saturated carbocycles. The molecule has 0 saturated heterocycles. The van der Waals surface area contributed by atoms with E-state index in [-0.39, 0.29) is 5.91 Å². The highest BCUT2D eigenvalue weighted by atomic mass is 16.5. The van der Waals surface area contributed by atoms with Crippen molar-refractivity contribution in [2.75, 3.05) is 14.2 Å². The Morgan fingerprint density at radius 2 is 1.80 bits per heavy atom. The molecule has 6 heteroatoms. The molecule has 176 valence electrons. The Hall–Kier alpha value is -4.19. The van der Waals surface area contributed by atoms with Gasteiger partial charge in [0.2, 0.25) is 0 Å². The van der Waals surface area contributed by atoms with Crippen LogP contribution in [-0.2, 0) is 13.0 Å². The lowest BCUT2D eigenvalue weighted by atomic mass is 9.85. The number of rotatable bonds is 6. The summed E-state index contributed by atoms with van der Waals surface area (Å²) in [4.78, 5) is 22.6. The van der Waals surface area contributed by atoms with Gasteiger partial charge in [-0.05, 0) is 77.9 Å². The molecule has 35 heavy (non-hydrogen) atoms. The maximum atomic E-state index is 13.5. The van der Waals surface area contributed by atoms with E-state index in [4.69, 9.17) is 14.5 Å². The zero-order valence-corrected chi connectivity index (χ0v) is 19.9. The van der Waals surface area contributed by atoms with Crippen LogP contribution in [0.2, 0.25) is 0 Å². The van der Waals surface area contributed by atoms with Crippen molar-refractivity contribution in [3.8, 4) is 11.5 Å². The molecule has 2 heterocycles. The fraction of sp³-hybridized carbons (Fsp3) is 0.207. The van der Waals surface area contributed by atoms with E-state index in [1.54, 1.807) is 26.6 Å². The largest absolute Gasteiger partial charge is 0.493 e. The molecule has 0 aliphatic heterocycles. The summed E-state index contributed by atoms with van der Waals surface area (Å²) < 4.78 is 10.9. The van der Waals surface area contributed by atoms with E-state index in [1.165, 1.54) is 0 Å². The molecule has 2 aromatic heterocycles. The van der Waals surface area contributed by atoms with E-state index in [0.29, 0.717) is 18.0 Å². The number of para-hydroxylation sites is 1. The second kappa shape index (κ2) is 9.97. The molecule has 2 aromatic carbocycles. The number of carbonyl (C=O) groups is 1. The maximum absolute atomic E-state index is 13.5. The molecule has 0 radical (unpaired) electrons. The minimum absolute atomic E-state index is 0.0796. The lowest BCUT2D eigenvalue weighted by Crippen LogP contribution is -2.26. The van der Waals surface area contributed by atoms with Gasteiger partial charge >= 0.3 is 0 Å². The van der Waals surface area contributed by atoms with Gasteiger partial charge in [-0.25, -0.2) is 4.98 Å². The molecule has 0 unspecified atom stereocenters. The number of amides is 1. The van der Waals surface area contributed by atoms with Gasteiger partial charge in [-0.2, -0.15) is 0 Å². The summed E-state index contributed by atoms with van der Waals surface area (Å²) in [7, 11) is 3.26. The van der Waals surface area contributed by atoms with Crippen LogP contribution in [0.25, 0.3) is 22.6 Å². The normalized spacial score (nSPS) is 13.9. The summed E-state index contributed by atoms with van der Waals surface area (Å²) in [5.41, 5.74) is 6.58. The van der Waals surface area contributed by atoms with Crippen LogP contribution in [0.4, 0.5) is 0 Å². The van der Waals surface area contributed by atoms with E-state index in [0.717, 1.165) is 63.7 Å². The number of benzene rings is 2. The minimum atomic E-state index is -0.0796. The van der Waals surface area contributed by atoms with Crippen molar-refractivity contribution < 1.29 is 14.3 Å². The van der Waals surface area contributed by atoms with E-state index in [2.05, 4.69) is 16.4 Å². The van der Waals surface area contributed by atoms with Crippen LogP contribution in [0.15, 0.2) is 67.0 Å². The molecule has 0 bridgehead atoms. The van der Waals surface area contributed by atoms with Crippen molar-refractivity contribution in [3.05, 3.63) is 94.9 Å². The monoisotopic (exact) mass is 465 g/mol. The highest BCUT2D eigenvalue weighted by Crippen LogP contribution is 2.37. The average molecular weight is 466 g/mol. The van der Waals surface area contributed by atoms with E-state index in [9.17, 15) is 4.79 Å². The molecule has 1 amide bonds. The first kappa shape index (κ1) is 22.6. The quantitative estimate of drug-likeness (QED) is 0.410. The summed E-state index contributed by atoms with van der Waals surface area (Å²) in [5, 5.41) is 3.99. The van der Waals surface area contributed by atoms with Gasteiger partial charge in [0.05, 0.1) is 31.0 Å². The summed E-state index contributed by atoms with van der Waals surface area (Å²) in [6, 6.07) is 17.6. The van der Waals surface area contributed by atoms with Crippen molar-refractivity contribution >= 4 is 28.5 Å². The highest BCUT2D eigenvalue weighted by Gasteiger charge is 2.25. The number of aromatic nitrogens is 2. The van der Waals surface area contributed by atoms with E-state index >= 15 is 0 Å². The Morgan fingerprint density at radius 3 is 2.60 bits per heavy atom. The van der Waals surface area contributed by atoms with Crippen LogP contribution in [0.1, 0.15) is 45.6 Å². The van der Waals surface area contributed by atoms with E-state index in [1.807, 2.05) is 54.6 Å². The number of methoxy groups -OCH3 is 2. The van der Waals surface area contributed by atoms with Crippen LogP contribution >= 0.6 is 0 Å². The lowest BCUT2D eigenvalue weighted by molar-refractivity contribution is 0.0951. The lowest BCUT2D eigenvalue weighted by Gasteiger charge is -2.23. The Balaban J connectivity index is 1.58. The van der Waals surface area contributed by atoms with Crippen molar-refractivity contribution in [2.45, 2.75) is 25.8 Å². The van der Waals surface area contributed by atoms with Crippen molar-refractivity contribution in [1.82, 2.24) is 15.3 Å². The average Bonchev–Trinajstić information content (AvgIpc) is 2.91. The van der Waals surface area contributed by atoms with Crippen molar-refractivity contribution in [2.24, 2.45) is 0 Å². The molecule has 0 spiro atoms. The molecular weight excluding hydrogens is 438 g/mol. The first-order valence-corrected chi connectivity index (χ1v) is 11.7. The zero-order valence-electron chi connectivity index (χ0n) is 19.9. The first-order chi connectivity index (χ1) is 17.2. The summed E-state index contributed by atoms with van der Waals surface area (Å²) in [6.45, 7) is 0.446. The molecule has 0 atom stereocenters. The smallest absolute Gasteiger partial charge is 0.252 e. The zero-order chi connectivity index (χ0) is 24.2. The summed E-state index contributed by atoms with van der Waals surface area (Å²) >= 11 is 0. The standard InChI is InChI=1S/C29H27N3O3/c1-34-25-11-10-20(17-26(25)35-2)16-21-6-5-8-23-27(22-7-3-4-9-24(22)32-28(21)23)29(33)31-18-19-12-14-30-15-13-19/h3-4,7,9-17H,5-6,8,18H2,1-2H3,(H,31,33). The van der Waals surface area contributed by atoms with Crippen LogP contribution in [0.5, 0.6) is 11.5 Å². The number of ether oxygens (including phenoxy) is 2. The van der Waals surface area contributed by atoms with Gasteiger partial charge in [0.1, 0.15) is 0 Å². The summed E-state index contributed by atoms with van der Waals surface area (Å²) in [5.74, 6) is 1.29. The van der Waals surface area contributed by atoms with Crippen molar-refractivity contribution in [3.63, 3.8) is 0 Å². The molecule has 5 rings (SSSR count). The van der Waals surface area contributed by atoms with Gasteiger partial charge in [0.15, 0.2) is 11.5 Å². The molecular formula is C29H27N3O3. The van der Waals surface area contributed by atoms with Gasteiger partial charge in [-0.3, -0.25) is 9.78 Å². The summed E-state index contributed by atoms with van der Waals surface area (Å²) in [6.07, 6.45) is 8.27. The molecule has 6 nitrogen and oxygen atoms in total. The Morgan fingerprint density at radius 1 is 1.00 bits per heavy atom. The Kier molecular flexibility index (Phi) is 6.44. The number of nitrogens with one attached hydrogen (secondary N) is 1. The van der Waals surface area contributed by atoms with Crippen LogP contribution in [-0.4, -0.2) is 30.1 Å². The molecule has 1 aliphatic carbocycles. The number of carbonyl (C=O) groups excluding carboxylic acids is 1. The molecule has 4 aromatic rings. The molecule has 0 fully saturated rings. The number of hydrogen-bond acceptors (Lipinski definition) is 5. The first-order valence-electron chi connectivity index (χ1n) is 11.7. The third-order valence-electron chi connectivity index (χ3n) is 6.35. The Bertz CT molecular complexity index is 1410. The van der Waals surface area contributed by atoms with Crippen LogP contribution in [0, 0.1) is 0 Å². The molecule has 1 aliphatic rings. The fourth-order valence-electron chi connectivity index (χ4n) is 4.65. The predicted molar refractivity (Wildman–Crippen MR) is 138 cm³/mol. The minimum Gasteiger partial charge on any atom is -0.493 e. The van der Waals surface area contributed by atoms with E-state index < -0.39 is 0 Å². The van der Waals surface area contributed by atoms with Gasteiger partial charge in [0.25, 0.3) is 5.91 Å². The fourth-order valence-corrected chi connectivity index (χ4v) is 4.65. The third kappa shape index (κ3) is 4.60. The third-order valence-corrected chi connectivity index (χ3v) is 6.35. The number of pyridine rings is 2. The van der Waals surface area contributed by atoms with Gasteiger partial charge in [-0.15, -0.1) is 0 Å². The predicted octanol–water partition coefficient (Wildman–Crippen LogP) is 5.45. The second-order valence-electron chi connectivity index (χ2n) is 8.51. The second-order valence-corrected chi connectivity index (χ2v) is 8.51. The number of nitrogens with zero attached hydrogens (tertiary/aromatic N) is 2. The van der Waals surface area contributed by atoms with Crippen LogP contribution < -0.4 is 14.8 Å². The SMILES string of the molecule is COc1ccc(C=C2CCCc3c2nc2ccccc2c3C(=O)NCc2ccncc2)cc1OC. The van der Waals surface area contributed by atoms with Crippen molar-refractivity contribution in [1.29, 1.82) is 0 Å². The Labute approximate surface area is 204 Å². The molecule has 1 N–H and O–H groups in total. The van der Waals surface area contributed by atoms with Gasteiger partial charge < -0.3 is 14.8 Å². The van der Waals surface area contributed by atoms with Crippen LogP contribution in [0.3, 0.4) is 0 Å².